The van der Waals surface area contributed by atoms with Gasteiger partial charge >= 0.3 is 0 Å². The molecule has 9 heteroatoms. The van der Waals surface area contributed by atoms with E-state index in [1.807, 2.05) is 36.4 Å². The molecule has 0 atom stereocenters. The number of thiophene rings is 1. The Balaban J connectivity index is 1.39. The molecule has 1 fully saturated rings. The summed E-state index contributed by atoms with van der Waals surface area (Å²) in [7, 11) is -3.79. The molecule has 6 nitrogen and oxygen atoms in total. The van der Waals surface area contributed by atoms with Gasteiger partial charge in [0.1, 0.15) is 10.0 Å². The lowest BCUT2D eigenvalue weighted by atomic mass is 10.1. The van der Waals surface area contributed by atoms with E-state index in [2.05, 4.69) is 34.1 Å². The summed E-state index contributed by atoms with van der Waals surface area (Å²) in [6, 6.07) is 23.3. The second kappa shape index (κ2) is 8.95. The van der Waals surface area contributed by atoms with E-state index in [1.54, 1.807) is 18.3 Å². The second-order valence-corrected chi connectivity index (χ2v) is 12.4. The van der Waals surface area contributed by atoms with Crippen LogP contribution in [-0.4, -0.2) is 48.5 Å². The van der Waals surface area contributed by atoms with Gasteiger partial charge in [-0.15, -0.1) is 11.3 Å². The van der Waals surface area contributed by atoms with Crippen LogP contribution in [0.4, 0.5) is 5.82 Å². The van der Waals surface area contributed by atoms with Crippen LogP contribution in [-0.2, 0) is 16.6 Å². The minimum atomic E-state index is -3.79. The summed E-state index contributed by atoms with van der Waals surface area (Å²) >= 11 is 7.12. The number of nitrogens with zero attached hydrogens (tertiary/aromatic N) is 4. The van der Waals surface area contributed by atoms with Gasteiger partial charge in [0, 0.05) is 49.7 Å². The minimum Gasteiger partial charge on any atom is -0.353 e. The fourth-order valence-corrected chi connectivity index (χ4v) is 7.68. The summed E-state index contributed by atoms with van der Waals surface area (Å²) in [6.45, 7) is 4.40. The van der Waals surface area contributed by atoms with Gasteiger partial charge in [0.25, 0.3) is 10.0 Å². The van der Waals surface area contributed by atoms with E-state index in [4.69, 9.17) is 16.6 Å². The molecule has 178 valence electrons. The molecule has 35 heavy (non-hydrogen) atoms. The number of rotatable bonds is 5. The average molecular weight is 523 g/mol. The van der Waals surface area contributed by atoms with Crippen molar-refractivity contribution in [2.24, 2.45) is 0 Å². The molecule has 0 aliphatic carbocycles. The largest absolute Gasteiger partial charge is 0.353 e. The van der Waals surface area contributed by atoms with Crippen molar-refractivity contribution in [3.8, 4) is 0 Å². The number of pyridine rings is 1. The van der Waals surface area contributed by atoms with Crippen molar-refractivity contribution in [1.82, 2.24) is 13.9 Å². The van der Waals surface area contributed by atoms with E-state index in [1.165, 1.54) is 9.54 Å². The van der Waals surface area contributed by atoms with Crippen LogP contribution in [0.2, 0.25) is 4.34 Å². The number of hydrogen-bond donors (Lipinski definition) is 0. The Bertz CT molecular complexity index is 1620. The predicted molar refractivity (Wildman–Crippen MR) is 143 cm³/mol. The van der Waals surface area contributed by atoms with Crippen molar-refractivity contribution in [3.63, 3.8) is 0 Å². The van der Waals surface area contributed by atoms with Gasteiger partial charge in [-0.05, 0) is 29.8 Å². The van der Waals surface area contributed by atoms with Gasteiger partial charge in [-0.2, -0.15) is 8.42 Å². The van der Waals surface area contributed by atoms with Gasteiger partial charge in [-0.25, -0.2) is 8.96 Å². The molecule has 1 aliphatic heterocycles. The maximum absolute atomic E-state index is 13.5. The lowest BCUT2D eigenvalue weighted by molar-refractivity contribution is 0.249. The van der Waals surface area contributed by atoms with Crippen molar-refractivity contribution in [2.45, 2.75) is 10.8 Å². The molecule has 1 aliphatic rings. The Kier molecular flexibility index (Phi) is 5.76. The van der Waals surface area contributed by atoms with Gasteiger partial charge in [0.15, 0.2) is 0 Å². The highest BCUT2D eigenvalue weighted by Crippen LogP contribution is 2.36. The average Bonchev–Trinajstić information content (AvgIpc) is 3.53. The molecule has 0 unspecified atom stereocenters. The minimum absolute atomic E-state index is 0.219. The van der Waals surface area contributed by atoms with Crippen LogP contribution in [0.1, 0.15) is 5.56 Å². The summed E-state index contributed by atoms with van der Waals surface area (Å²) in [4.78, 5) is 9.71. The summed E-state index contributed by atoms with van der Waals surface area (Å²) in [5.41, 5.74) is 2.74. The lowest BCUT2D eigenvalue weighted by Gasteiger charge is -2.36. The van der Waals surface area contributed by atoms with Crippen LogP contribution in [0.15, 0.2) is 83.2 Å². The summed E-state index contributed by atoms with van der Waals surface area (Å²) in [5.74, 6) is 0.830. The van der Waals surface area contributed by atoms with Gasteiger partial charge in [0.05, 0.1) is 15.4 Å². The maximum atomic E-state index is 13.5. The Morgan fingerprint density at radius 2 is 1.60 bits per heavy atom. The zero-order chi connectivity index (χ0) is 24.0. The van der Waals surface area contributed by atoms with Crippen LogP contribution in [0, 0.1) is 0 Å². The lowest BCUT2D eigenvalue weighted by Crippen LogP contribution is -2.46. The number of fused-ring (bicyclic) bond motifs is 3. The monoisotopic (exact) mass is 522 g/mol. The van der Waals surface area contributed by atoms with Crippen molar-refractivity contribution < 1.29 is 8.42 Å². The zero-order valence-electron chi connectivity index (χ0n) is 18.8. The van der Waals surface area contributed by atoms with E-state index in [9.17, 15) is 8.42 Å². The molecule has 4 heterocycles. The van der Waals surface area contributed by atoms with Crippen LogP contribution >= 0.6 is 22.9 Å². The van der Waals surface area contributed by atoms with Gasteiger partial charge in [-0.3, -0.25) is 4.90 Å². The highest BCUT2D eigenvalue weighted by atomic mass is 35.5. The van der Waals surface area contributed by atoms with E-state index in [0.29, 0.717) is 9.85 Å². The Labute approximate surface area is 213 Å². The Morgan fingerprint density at radius 1 is 0.857 bits per heavy atom. The molecule has 5 aromatic rings. The second-order valence-electron chi connectivity index (χ2n) is 8.64. The maximum Gasteiger partial charge on any atom is 0.277 e. The molecular weight excluding hydrogens is 500 g/mol. The third-order valence-electron chi connectivity index (χ3n) is 6.46. The highest BCUT2D eigenvalue weighted by molar-refractivity contribution is 7.92. The smallest absolute Gasteiger partial charge is 0.277 e. The molecule has 0 N–H and O–H groups in total. The molecule has 0 bridgehead atoms. The predicted octanol–water partition coefficient (Wildman–Crippen LogP) is 5.46. The first-order valence-electron chi connectivity index (χ1n) is 11.4. The molecule has 6 rings (SSSR count). The first kappa shape index (κ1) is 22.5. The van der Waals surface area contributed by atoms with Crippen LogP contribution in [0.5, 0.6) is 0 Å². The Morgan fingerprint density at radius 3 is 2.34 bits per heavy atom. The molecule has 0 radical (unpaired) electrons. The molecule has 0 spiro atoms. The SMILES string of the molecule is O=S(=O)(c1ccc(Cl)s1)n1ccc2c(N3CCN(Cc4ccccc4)CC3)nc3ccccc3c21. The van der Waals surface area contributed by atoms with E-state index >= 15 is 0 Å². The van der Waals surface area contributed by atoms with Gasteiger partial charge in [0.2, 0.25) is 0 Å². The highest BCUT2D eigenvalue weighted by Gasteiger charge is 2.26. The van der Waals surface area contributed by atoms with E-state index < -0.39 is 10.0 Å². The zero-order valence-corrected chi connectivity index (χ0v) is 21.2. The molecule has 3 aromatic heterocycles. The first-order valence-corrected chi connectivity index (χ1v) is 14.1. The van der Waals surface area contributed by atoms with Gasteiger partial charge in [-0.1, -0.05) is 60.1 Å². The quantitative estimate of drug-likeness (QED) is 0.306. The van der Waals surface area contributed by atoms with Crippen molar-refractivity contribution in [1.29, 1.82) is 0 Å². The van der Waals surface area contributed by atoms with Crippen LogP contribution in [0.25, 0.3) is 21.8 Å². The van der Waals surface area contributed by atoms with E-state index in [0.717, 1.165) is 66.2 Å². The third kappa shape index (κ3) is 4.10. The normalized spacial score (nSPS) is 15.3. The topological polar surface area (TPSA) is 58.4 Å². The molecule has 2 aromatic carbocycles. The fraction of sp³-hybridized carbons (Fsp3) is 0.192. The number of para-hydroxylation sites is 1. The van der Waals surface area contributed by atoms with Crippen molar-refractivity contribution >= 4 is 60.6 Å². The standard InChI is InChI=1S/C26H23ClN4O2S2/c27-23-10-11-24(34-23)35(32,33)31-13-12-21-25(31)20-8-4-5-9-22(20)28-26(21)30-16-14-29(15-17-30)18-19-6-2-1-3-7-19/h1-13H,14-18H2. The molecule has 1 saturated heterocycles. The summed E-state index contributed by atoms with van der Waals surface area (Å²) in [5, 5.41) is 1.65. The van der Waals surface area contributed by atoms with Crippen LogP contribution in [0.3, 0.4) is 0 Å². The Hall–Kier alpha value is -2.91. The number of aromatic nitrogens is 2. The number of piperazine rings is 1. The number of benzene rings is 2. The molecular formula is C26H23ClN4O2S2. The fourth-order valence-electron chi connectivity index (χ4n) is 4.74. The first-order chi connectivity index (χ1) is 17.0. The van der Waals surface area contributed by atoms with Crippen molar-refractivity contribution in [2.75, 3.05) is 31.1 Å². The molecule has 0 amide bonds. The van der Waals surface area contributed by atoms with Gasteiger partial charge < -0.3 is 4.90 Å². The number of hydrogen-bond acceptors (Lipinski definition) is 6. The summed E-state index contributed by atoms with van der Waals surface area (Å²) in [6.07, 6.45) is 1.64. The summed E-state index contributed by atoms with van der Waals surface area (Å²) < 4.78 is 29.1. The van der Waals surface area contributed by atoms with E-state index in [-0.39, 0.29) is 4.21 Å². The van der Waals surface area contributed by atoms with Crippen molar-refractivity contribution in [3.05, 3.63) is 88.9 Å². The molecule has 0 saturated carbocycles. The number of halogens is 1. The number of anilines is 1. The third-order valence-corrected chi connectivity index (χ3v) is 9.84. The van der Waals surface area contributed by atoms with Crippen LogP contribution < -0.4 is 4.90 Å².